The molecule has 1 aromatic heterocycles. The number of hydrogen-bond donors (Lipinski definition) is 2. The van der Waals surface area contributed by atoms with Gasteiger partial charge in [0, 0.05) is 5.56 Å². The molecule has 5 heteroatoms. The minimum Gasteiger partial charge on any atom is -0.496 e. The van der Waals surface area contributed by atoms with E-state index in [4.69, 9.17) is 9.84 Å². The molecule has 5 nitrogen and oxygen atoms in total. The van der Waals surface area contributed by atoms with Gasteiger partial charge in [0.05, 0.1) is 19.0 Å². The Morgan fingerprint density at radius 1 is 1.33 bits per heavy atom. The Labute approximate surface area is 104 Å². The third-order valence-corrected chi connectivity index (χ3v) is 2.88. The Balaban J connectivity index is 2.55. The van der Waals surface area contributed by atoms with Crippen molar-refractivity contribution in [3.05, 3.63) is 35.3 Å². The molecule has 0 saturated carbocycles. The van der Waals surface area contributed by atoms with Crippen LogP contribution in [0.4, 0.5) is 0 Å². The van der Waals surface area contributed by atoms with Gasteiger partial charge in [-0.2, -0.15) is 0 Å². The lowest BCUT2D eigenvalue weighted by atomic mass is 10.0. The smallest absolute Gasteiger partial charge is 0.371 e. The zero-order valence-corrected chi connectivity index (χ0v) is 10.4. The number of benzene rings is 1. The molecule has 0 spiro atoms. The number of aromatic carboxylic acids is 1. The molecule has 2 N–H and O–H groups in total. The standard InChI is InChI=1S/C13H14N2O3/c1-7-4-9(11(18-3)5-8(7)2)10-6-14-12(15-10)13(16)17/h4-6H,1-3H3,(H,14,15)(H,16,17). The number of aromatic amines is 1. The summed E-state index contributed by atoms with van der Waals surface area (Å²) in [6.45, 7) is 3.99. The van der Waals surface area contributed by atoms with Crippen molar-refractivity contribution in [3.8, 4) is 17.0 Å². The monoisotopic (exact) mass is 246 g/mol. The Kier molecular flexibility index (Phi) is 3.06. The number of aryl methyl sites for hydroxylation is 2. The molecule has 0 radical (unpaired) electrons. The normalized spacial score (nSPS) is 10.4. The van der Waals surface area contributed by atoms with Crippen molar-refractivity contribution in [1.82, 2.24) is 9.97 Å². The van der Waals surface area contributed by atoms with Crippen LogP contribution in [-0.4, -0.2) is 28.2 Å². The Hall–Kier alpha value is -2.30. The average Bonchev–Trinajstić information content (AvgIpc) is 2.81. The second-order valence-corrected chi connectivity index (χ2v) is 4.09. The summed E-state index contributed by atoms with van der Waals surface area (Å²) in [6.07, 6.45) is 1.50. The molecule has 0 fully saturated rings. The van der Waals surface area contributed by atoms with E-state index in [9.17, 15) is 4.79 Å². The van der Waals surface area contributed by atoms with Gasteiger partial charge in [-0.3, -0.25) is 0 Å². The first-order valence-electron chi connectivity index (χ1n) is 5.47. The zero-order chi connectivity index (χ0) is 13.3. The van der Waals surface area contributed by atoms with Crippen molar-refractivity contribution >= 4 is 5.97 Å². The molecule has 0 saturated heterocycles. The lowest BCUT2D eigenvalue weighted by Crippen LogP contribution is -1.98. The molecule has 0 amide bonds. The van der Waals surface area contributed by atoms with E-state index in [2.05, 4.69) is 9.97 Å². The SMILES string of the molecule is COc1cc(C)c(C)cc1-c1cnc(C(=O)O)[nH]1. The molecule has 0 atom stereocenters. The van der Waals surface area contributed by atoms with Gasteiger partial charge < -0.3 is 14.8 Å². The highest BCUT2D eigenvalue weighted by Crippen LogP contribution is 2.31. The number of nitrogens with zero attached hydrogens (tertiary/aromatic N) is 1. The van der Waals surface area contributed by atoms with Gasteiger partial charge in [-0.15, -0.1) is 0 Å². The van der Waals surface area contributed by atoms with Crippen LogP contribution in [0.5, 0.6) is 5.75 Å². The molecule has 94 valence electrons. The number of rotatable bonds is 3. The molecular formula is C13H14N2O3. The zero-order valence-electron chi connectivity index (χ0n) is 10.4. The molecule has 1 heterocycles. The van der Waals surface area contributed by atoms with Crippen molar-refractivity contribution < 1.29 is 14.6 Å². The van der Waals surface area contributed by atoms with Gasteiger partial charge in [-0.25, -0.2) is 9.78 Å². The van der Waals surface area contributed by atoms with Gasteiger partial charge in [0.25, 0.3) is 0 Å². The summed E-state index contributed by atoms with van der Waals surface area (Å²) in [4.78, 5) is 17.4. The van der Waals surface area contributed by atoms with Gasteiger partial charge >= 0.3 is 5.97 Å². The highest BCUT2D eigenvalue weighted by molar-refractivity contribution is 5.84. The first-order chi connectivity index (χ1) is 8.52. The number of ether oxygens (including phenoxy) is 1. The van der Waals surface area contributed by atoms with Gasteiger partial charge in [-0.1, -0.05) is 0 Å². The molecule has 0 aliphatic rings. The van der Waals surface area contributed by atoms with Crippen molar-refractivity contribution in [3.63, 3.8) is 0 Å². The number of nitrogens with one attached hydrogen (secondary N) is 1. The second-order valence-electron chi connectivity index (χ2n) is 4.09. The fourth-order valence-corrected chi connectivity index (χ4v) is 1.74. The lowest BCUT2D eigenvalue weighted by molar-refractivity contribution is 0.0685. The van der Waals surface area contributed by atoms with E-state index >= 15 is 0 Å². The van der Waals surface area contributed by atoms with Crippen molar-refractivity contribution in [2.45, 2.75) is 13.8 Å². The second kappa shape index (κ2) is 4.52. The molecule has 0 aliphatic heterocycles. The Morgan fingerprint density at radius 3 is 2.56 bits per heavy atom. The Bertz CT molecular complexity index is 602. The average molecular weight is 246 g/mol. The van der Waals surface area contributed by atoms with Gasteiger partial charge in [0.15, 0.2) is 0 Å². The summed E-state index contributed by atoms with van der Waals surface area (Å²) in [6, 6.07) is 3.87. The van der Waals surface area contributed by atoms with Crippen molar-refractivity contribution in [2.75, 3.05) is 7.11 Å². The molecular weight excluding hydrogens is 232 g/mol. The minimum atomic E-state index is -1.08. The van der Waals surface area contributed by atoms with Gasteiger partial charge in [0.1, 0.15) is 5.75 Å². The first-order valence-corrected chi connectivity index (χ1v) is 5.47. The highest BCUT2D eigenvalue weighted by atomic mass is 16.5. The Morgan fingerprint density at radius 2 is 2.00 bits per heavy atom. The van der Waals surface area contributed by atoms with E-state index in [0.717, 1.165) is 16.7 Å². The number of hydrogen-bond acceptors (Lipinski definition) is 3. The third kappa shape index (κ3) is 2.07. The summed E-state index contributed by atoms with van der Waals surface area (Å²) in [5.74, 6) is -0.465. The maximum atomic E-state index is 10.8. The summed E-state index contributed by atoms with van der Waals surface area (Å²) >= 11 is 0. The number of H-pyrrole nitrogens is 1. The van der Waals surface area contributed by atoms with Crippen LogP contribution in [0.3, 0.4) is 0 Å². The molecule has 0 bridgehead atoms. The van der Waals surface area contributed by atoms with Crippen LogP contribution in [0.25, 0.3) is 11.3 Å². The number of aromatic nitrogens is 2. The third-order valence-electron chi connectivity index (χ3n) is 2.88. The van der Waals surface area contributed by atoms with Crippen LogP contribution in [0.1, 0.15) is 21.7 Å². The van der Waals surface area contributed by atoms with Crippen LogP contribution in [0, 0.1) is 13.8 Å². The predicted molar refractivity (Wildman–Crippen MR) is 67.0 cm³/mol. The fraction of sp³-hybridized carbons (Fsp3) is 0.231. The highest BCUT2D eigenvalue weighted by Gasteiger charge is 2.13. The molecule has 0 unspecified atom stereocenters. The molecule has 0 aliphatic carbocycles. The first kappa shape index (κ1) is 12.2. The van der Waals surface area contributed by atoms with Crippen LogP contribution < -0.4 is 4.74 Å². The quantitative estimate of drug-likeness (QED) is 0.872. The van der Waals surface area contributed by atoms with E-state index in [1.807, 2.05) is 26.0 Å². The van der Waals surface area contributed by atoms with Crippen LogP contribution >= 0.6 is 0 Å². The summed E-state index contributed by atoms with van der Waals surface area (Å²) < 4.78 is 5.31. The van der Waals surface area contributed by atoms with Gasteiger partial charge in [0.2, 0.25) is 5.82 Å². The van der Waals surface area contributed by atoms with Crippen molar-refractivity contribution in [2.24, 2.45) is 0 Å². The van der Waals surface area contributed by atoms with E-state index < -0.39 is 5.97 Å². The summed E-state index contributed by atoms with van der Waals surface area (Å²) in [7, 11) is 1.59. The van der Waals surface area contributed by atoms with Crippen LogP contribution in [-0.2, 0) is 0 Å². The molecule has 18 heavy (non-hydrogen) atoms. The van der Waals surface area contributed by atoms with E-state index in [0.29, 0.717) is 11.4 Å². The van der Waals surface area contributed by atoms with Crippen LogP contribution in [0.15, 0.2) is 18.3 Å². The lowest BCUT2D eigenvalue weighted by Gasteiger charge is -2.10. The topological polar surface area (TPSA) is 75.2 Å². The van der Waals surface area contributed by atoms with E-state index in [1.54, 1.807) is 7.11 Å². The number of carboxylic acid groups (broad SMARTS) is 1. The summed E-state index contributed by atoms with van der Waals surface area (Å²) in [5, 5.41) is 8.85. The predicted octanol–water partition coefficient (Wildman–Crippen LogP) is 2.40. The molecule has 2 rings (SSSR count). The molecule has 1 aromatic carbocycles. The largest absolute Gasteiger partial charge is 0.496 e. The number of carboxylic acids is 1. The van der Waals surface area contributed by atoms with Crippen LogP contribution in [0.2, 0.25) is 0 Å². The van der Waals surface area contributed by atoms with E-state index in [1.165, 1.54) is 6.20 Å². The van der Waals surface area contributed by atoms with Crippen molar-refractivity contribution in [1.29, 1.82) is 0 Å². The molecule has 2 aromatic rings. The fourth-order valence-electron chi connectivity index (χ4n) is 1.74. The minimum absolute atomic E-state index is 0.0784. The number of imidazole rings is 1. The maximum Gasteiger partial charge on any atom is 0.371 e. The number of methoxy groups -OCH3 is 1. The van der Waals surface area contributed by atoms with Gasteiger partial charge in [-0.05, 0) is 37.1 Å². The van der Waals surface area contributed by atoms with E-state index in [-0.39, 0.29) is 5.82 Å². The maximum absolute atomic E-state index is 10.8. The number of carbonyl (C=O) groups is 1. The summed E-state index contributed by atoms with van der Waals surface area (Å²) in [5.41, 5.74) is 3.67.